The van der Waals surface area contributed by atoms with E-state index in [2.05, 4.69) is 5.10 Å². The van der Waals surface area contributed by atoms with Crippen LogP contribution in [0.4, 0.5) is 18.9 Å². The fourth-order valence-electron chi connectivity index (χ4n) is 5.98. The van der Waals surface area contributed by atoms with E-state index in [1.165, 1.54) is 32.1 Å². The monoisotopic (exact) mass is 582 g/mol. The van der Waals surface area contributed by atoms with Crippen molar-refractivity contribution in [2.45, 2.75) is 30.7 Å². The van der Waals surface area contributed by atoms with E-state index in [9.17, 15) is 48.0 Å². The van der Waals surface area contributed by atoms with E-state index in [1.54, 1.807) is 5.43 Å². The van der Waals surface area contributed by atoms with Crippen molar-refractivity contribution in [2.75, 3.05) is 32.7 Å². The van der Waals surface area contributed by atoms with E-state index < -0.39 is 76.5 Å². The number of aliphatic hydroxyl groups excluding tert-OH is 2. The minimum atomic E-state index is -4.56. The summed E-state index contributed by atoms with van der Waals surface area (Å²) < 4.78 is 37.4. The number of ketones is 2. The van der Waals surface area contributed by atoms with E-state index >= 15 is 0 Å². The van der Waals surface area contributed by atoms with Gasteiger partial charge in [-0.2, -0.15) is 18.3 Å². The lowest BCUT2D eigenvalue weighted by Crippen LogP contribution is -2.65. The fourth-order valence-corrected chi connectivity index (χ4v) is 5.98. The van der Waals surface area contributed by atoms with Crippen LogP contribution in [0.1, 0.15) is 23.1 Å². The molecule has 1 aromatic carbocycles. The first-order chi connectivity index (χ1) is 18.9. The summed E-state index contributed by atoms with van der Waals surface area (Å²) in [4.78, 5) is 40.5. The number of aromatic hydroxyl groups is 1. The number of hydrazone groups is 1. The normalized spacial score (nSPS) is 26.3. The molecule has 1 aromatic rings. The number of likely N-dealkylation sites (N-methyl/N-ethyl adjacent to an activating group) is 1. The van der Waals surface area contributed by atoms with E-state index in [0.29, 0.717) is 0 Å². The van der Waals surface area contributed by atoms with Crippen molar-refractivity contribution in [3.63, 3.8) is 0 Å². The van der Waals surface area contributed by atoms with Crippen LogP contribution >= 0.6 is 0 Å². The highest BCUT2D eigenvalue weighted by Gasteiger charge is 2.64. The third-order valence-electron chi connectivity index (χ3n) is 7.68. The van der Waals surface area contributed by atoms with Crippen molar-refractivity contribution in [2.24, 2.45) is 28.5 Å². The van der Waals surface area contributed by atoms with Gasteiger partial charge in [-0.1, -0.05) is 0 Å². The van der Waals surface area contributed by atoms with Crippen molar-refractivity contribution in [1.82, 2.24) is 10.3 Å². The lowest BCUT2D eigenvalue weighted by atomic mass is 9.57. The molecular weight excluding hydrogens is 553 g/mol. The SMILES string of the molecule is CN(N)c1cc(/C=N\NCC(F)(F)F)c(O)c2c1C[C@H]1C[C@H]3[C@H](N(C)C)C(=O)C(C(N)=O)=C(O)[C@@]3(O)C(=O)C1=C2O. The maximum atomic E-state index is 13.9. The van der Waals surface area contributed by atoms with Crippen molar-refractivity contribution in [3.05, 3.63) is 39.7 Å². The third-order valence-corrected chi connectivity index (χ3v) is 7.68. The van der Waals surface area contributed by atoms with Gasteiger partial charge in [0.15, 0.2) is 11.4 Å². The van der Waals surface area contributed by atoms with Gasteiger partial charge in [0.05, 0.1) is 23.5 Å². The van der Waals surface area contributed by atoms with E-state index in [-0.39, 0.29) is 40.8 Å². The number of rotatable bonds is 6. The molecule has 13 nitrogen and oxygen atoms in total. The number of halogens is 3. The number of hydrogen-bond donors (Lipinski definition) is 7. The number of amides is 1. The van der Waals surface area contributed by atoms with Crippen LogP contribution in [0.25, 0.3) is 5.76 Å². The predicted molar refractivity (Wildman–Crippen MR) is 138 cm³/mol. The van der Waals surface area contributed by atoms with Gasteiger partial charge < -0.3 is 36.6 Å². The van der Waals surface area contributed by atoms with Crippen molar-refractivity contribution in [1.29, 1.82) is 0 Å². The first-order valence-corrected chi connectivity index (χ1v) is 12.3. The largest absolute Gasteiger partial charge is 0.508 e. The molecule has 0 saturated heterocycles. The van der Waals surface area contributed by atoms with Crippen molar-refractivity contribution in [3.8, 4) is 5.75 Å². The molecule has 41 heavy (non-hydrogen) atoms. The van der Waals surface area contributed by atoms with Crippen LogP contribution in [0.15, 0.2) is 28.1 Å². The minimum Gasteiger partial charge on any atom is -0.508 e. The summed E-state index contributed by atoms with van der Waals surface area (Å²) in [6, 6.07) is 0.0902. The number of fused-ring (bicyclic) bond motifs is 3. The number of carbonyl (C=O) groups excluding carboxylic acids is 3. The van der Waals surface area contributed by atoms with Gasteiger partial charge in [-0.3, -0.25) is 19.3 Å². The lowest BCUT2D eigenvalue weighted by molar-refractivity contribution is -0.153. The van der Waals surface area contributed by atoms with Gasteiger partial charge in [-0.25, -0.2) is 5.84 Å². The topological polar surface area (TPSA) is 215 Å². The Morgan fingerprint density at radius 3 is 2.41 bits per heavy atom. The van der Waals surface area contributed by atoms with Crippen LogP contribution in [0, 0.1) is 11.8 Å². The van der Waals surface area contributed by atoms with Crippen LogP contribution in [0.2, 0.25) is 0 Å². The van der Waals surface area contributed by atoms with E-state index in [1.807, 2.05) is 0 Å². The number of phenolic OH excluding ortho intramolecular Hbond substituents is 1. The van der Waals surface area contributed by atoms with Crippen molar-refractivity contribution < 1.29 is 48.0 Å². The number of nitrogens with one attached hydrogen (secondary N) is 1. The molecule has 4 rings (SSSR count). The maximum absolute atomic E-state index is 13.9. The average molecular weight is 583 g/mol. The molecule has 16 heteroatoms. The number of nitrogens with two attached hydrogens (primary N) is 2. The molecule has 0 aliphatic heterocycles. The molecule has 0 unspecified atom stereocenters. The van der Waals surface area contributed by atoms with Gasteiger partial charge in [0.1, 0.15) is 29.4 Å². The number of nitrogens with zero attached hydrogens (tertiary/aromatic N) is 3. The molecule has 0 spiro atoms. The Kier molecular flexibility index (Phi) is 7.30. The van der Waals surface area contributed by atoms with Gasteiger partial charge >= 0.3 is 6.18 Å². The van der Waals surface area contributed by atoms with Gasteiger partial charge in [0, 0.05) is 24.1 Å². The maximum Gasteiger partial charge on any atom is 0.407 e. The molecule has 0 aromatic heterocycles. The second-order valence-electron chi connectivity index (χ2n) is 10.5. The van der Waals surface area contributed by atoms with Crippen LogP contribution < -0.4 is 22.0 Å². The number of anilines is 1. The lowest BCUT2D eigenvalue weighted by Gasteiger charge is -2.50. The highest BCUT2D eigenvalue weighted by Crippen LogP contribution is 2.53. The second-order valence-corrected chi connectivity index (χ2v) is 10.5. The van der Waals surface area contributed by atoms with Gasteiger partial charge in [0.2, 0.25) is 5.78 Å². The summed E-state index contributed by atoms with van der Waals surface area (Å²) in [7, 11) is 4.41. The second kappa shape index (κ2) is 10.0. The number of hydrogen-bond acceptors (Lipinski definition) is 12. The summed E-state index contributed by atoms with van der Waals surface area (Å²) in [6.45, 7) is -1.45. The van der Waals surface area contributed by atoms with E-state index in [0.717, 1.165) is 11.2 Å². The predicted octanol–water partition coefficient (Wildman–Crippen LogP) is -0.240. The molecular formula is C25H29F3N6O7. The Morgan fingerprint density at radius 2 is 1.88 bits per heavy atom. The number of aliphatic hydroxyl groups is 3. The molecule has 0 radical (unpaired) electrons. The van der Waals surface area contributed by atoms with Gasteiger partial charge in [0.25, 0.3) is 5.91 Å². The zero-order chi connectivity index (χ0) is 30.8. The van der Waals surface area contributed by atoms with Crippen molar-refractivity contribution >= 4 is 35.1 Å². The van der Waals surface area contributed by atoms with Crippen LogP contribution in [0.5, 0.6) is 5.75 Å². The molecule has 1 fully saturated rings. The summed E-state index contributed by atoms with van der Waals surface area (Å²) in [5.74, 6) is -2.18. The zero-order valence-corrected chi connectivity index (χ0v) is 22.2. The van der Waals surface area contributed by atoms with Crippen LogP contribution in [-0.4, -0.2) is 94.5 Å². The molecule has 4 atom stereocenters. The highest BCUT2D eigenvalue weighted by molar-refractivity contribution is 6.24. The van der Waals surface area contributed by atoms with Gasteiger partial charge in [-0.15, -0.1) is 0 Å². The summed E-state index contributed by atoms with van der Waals surface area (Å²) >= 11 is 0. The molecule has 1 saturated carbocycles. The number of primary amides is 1. The molecule has 3 aliphatic rings. The number of carbonyl (C=O) groups is 3. The minimum absolute atomic E-state index is 0.0251. The average Bonchev–Trinajstić information content (AvgIpc) is 2.83. The Bertz CT molecular complexity index is 1440. The number of alkyl halides is 3. The Balaban J connectivity index is 1.91. The smallest absolute Gasteiger partial charge is 0.407 e. The molecule has 1 amide bonds. The Labute approximate surface area is 231 Å². The first-order valence-electron chi connectivity index (χ1n) is 12.3. The van der Waals surface area contributed by atoms with Crippen LogP contribution in [-0.2, 0) is 20.8 Å². The summed E-state index contributed by atoms with van der Waals surface area (Å²) in [5.41, 5.74) is 3.02. The Morgan fingerprint density at radius 1 is 1.24 bits per heavy atom. The molecule has 222 valence electrons. The standard InChI is InChI=1S/C25H29F3N6O7/c1-33(2)17-12-5-9-4-11-13(34(3)30)6-10(7-31-32-8-24(26,27)28)18(35)15(11)19(36)14(9)21(38)25(12,41)22(39)16(20(17)37)23(29)40/h6-7,9,12,17,32,35-36,39,41H,4-5,8,30H2,1-3H3,(H2,29,40)/b31-7-/t9-,12-,17-,25-/m0/s1. The number of phenols is 1. The molecule has 0 bridgehead atoms. The fraction of sp³-hybridized carbons (Fsp3) is 0.440. The van der Waals surface area contributed by atoms with E-state index in [4.69, 9.17) is 11.6 Å². The number of hydrazine groups is 1. The van der Waals surface area contributed by atoms with Gasteiger partial charge in [-0.05, 0) is 44.5 Å². The first kappa shape index (κ1) is 29.8. The Hall–Kier alpha value is -4.15. The summed E-state index contributed by atoms with van der Waals surface area (Å²) in [5, 5.41) is 49.5. The highest BCUT2D eigenvalue weighted by atomic mass is 19.4. The summed E-state index contributed by atoms with van der Waals surface area (Å²) in [6.07, 6.45) is -3.83. The number of benzene rings is 1. The van der Waals surface area contributed by atoms with Crippen LogP contribution in [0.3, 0.4) is 0 Å². The molecule has 0 heterocycles. The zero-order valence-electron chi connectivity index (χ0n) is 22.2. The molecule has 9 N–H and O–H groups in total. The third kappa shape index (κ3) is 4.66. The number of Topliss-reactive ketones (excluding diaryl/α,β-unsaturated/α-hetero) is 2. The quantitative estimate of drug-likeness (QED) is 0.101. The molecule has 3 aliphatic carbocycles.